The summed E-state index contributed by atoms with van der Waals surface area (Å²) in [6.45, 7) is 0.994. The van der Waals surface area contributed by atoms with Crippen molar-refractivity contribution in [3.63, 3.8) is 0 Å². The van der Waals surface area contributed by atoms with E-state index >= 15 is 0 Å². The van der Waals surface area contributed by atoms with E-state index in [2.05, 4.69) is 4.72 Å². The van der Waals surface area contributed by atoms with Crippen LogP contribution in [-0.2, 0) is 10.0 Å². The van der Waals surface area contributed by atoms with Crippen LogP contribution in [0.1, 0.15) is 12.8 Å². The Morgan fingerprint density at radius 1 is 0.864 bits per heavy atom. The van der Waals surface area contributed by atoms with Crippen LogP contribution in [0.3, 0.4) is 0 Å². The van der Waals surface area contributed by atoms with Crippen LogP contribution in [0.25, 0.3) is 11.1 Å². The van der Waals surface area contributed by atoms with E-state index < -0.39 is 10.0 Å². The third-order valence-electron chi connectivity index (χ3n) is 3.19. The number of sulfonamides is 1. The summed E-state index contributed by atoms with van der Waals surface area (Å²) >= 11 is 0. The number of hydrogen-bond acceptors (Lipinski definition) is 3. The molecule has 6 heteroatoms. The second-order valence-electron chi connectivity index (χ2n) is 4.78. The third kappa shape index (κ3) is 5.10. The Balaban J connectivity index is 0.00000242. The Kier molecular flexibility index (Phi) is 7.55. The maximum atomic E-state index is 12.1. The molecule has 0 saturated heterocycles. The summed E-state index contributed by atoms with van der Waals surface area (Å²) in [5.41, 5.74) is 7.45. The van der Waals surface area contributed by atoms with Crippen molar-refractivity contribution in [2.45, 2.75) is 17.7 Å². The molecule has 2 aromatic rings. The van der Waals surface area contributed by atoms with E-state index in [9.17, 15) is 8.42 Å². The quantitative estimate of drug-likeness (QED) is 0.761. The lowest BCUT2D eigenvalue weighted by atomic mass is 10.1. The number of unbranched alkanes of at least 4 members (excludes halogenated alkanes) is 1. The monoisotopic (exact) mass is 340 g/mol. The lowest BCUT2D eigenvalue weighted by Crippen LogP contribution is -2.25. The zero-order chi connectivity index (χ0) is 15.1. The van der Waals surface area contributed by atoms with Crippen molar-refractivity contribution in [3.8, 4) is 11.1 Å². The van der Waals surface area contributed by atoms with Crippen LogP contribution in [0, 0.1) is 0 Å². The van der Waals surface area contributed by atoms with Gasteiger partial charge in [-0.2, -0.15) is 0 Å². The molecule has 0 fully saturated rings. The van der Waals surface area contributed by atoms with E-state index in [4.69, 9.17) is 5.73 Å². The molecule has 4 nitrogen and oxygen atoms in total. The van der Waals surface area contributed by atoms with Crippen LogP contribution in [0.5, 0.6) is 0 Å². The number of benzene rings is 2. The Morgan fingerprint density at radius 3 is 2.05 bits per heavy atom. The number of nitrogens with one attached hydrogen (secondary N) is 1. The lowest BCUT2D eigenvalue weighted by Gasteiger charge is -2.07. The highest BCUT2D eigenvalue weighted by molar-refractivity contribution is 7.89. The molecule has 0 saturated carbocycles. The largest absolute Gasteiger partial charge is 0.330 e. The maximum Gasteiger partial charge on any atom is 0.240 e. The van der Waals surface area contributed by atoms with Crippen LogP contribution >= 0.6 is 12.4 Å². The highest BCUT2D eigenvalue weighted by atomic mass is 35.5. The van der Waals surface area contributed by atoms with Gasteiger partial charge in [0.1, 0.15) is 0 Å². The fraction of sp³-hybridized carbons (Fsp3) is 0.250. The van der Waals surface area contributed by atoms with Crippen LogP contribution in [-0.4, -0.2) is 21.5 Å². The van der Waals surface area contributed by atoms with E-state index in [-0.39, 0.29) is 17.3 Å². The normalized spacial score (nSPS) is 11.0. The summed E-state index contributed by atoms with van der Waals surface area (Å²) < 4.78 is 26.8. The van der Waals surface area contributed by atoms with E-state index in [1.807, 2.05) is 42.5 Å². The van der Waals surface area contributed by atoms with Gasteiger partial charge in [-0.3, -0.25) is 0 Å². The van der Waals surface area contributed by atoms with Gasteiger partial charge in [-0.1, -0.05) is 42.5 Å². The second kappa shape index (κ2) is 8.90. The molecule has 0 aliphatic carbocycles. The number of nitrogens with two attached hydrogens (primary N) is 1. The van der Waals surface area contributed by atoms with Crippen molar-refractivity contribution < 1.29 is 8.42 Å². The molecular formula is C16H21ClN2O2S. The van der Waals surface area contributed by atoms with Gasteiger partial charge in [-0.05, 0) is 42.6 Å². The average molecular weight is 341 g/mol. The molecule has 0 atom stereocenters. The van der Waals surface area contributed by atoms with Gasteiger partial charge in [0, 0.05) is 6.54 Å². The first-order valence-electron chi connectivity index (χ1n) is 6.99. The summed E-state index contributed by atoms with van der Waals surface area (Å²) in [6.07, 6.45) is 1.56. The SMILES string of the molecule is Cl.NCCCCNS(=O)(=O)c1ccc(-c2ccccc2)cc1. The fourth-order valence-corrected chi connectivity index (χ4v) is 3.09. The summed E-state index contributed by atoms with van der Waals surface area (Å²) in [4.78, 5) is 0.287. The zero-order valence-electron chi connectivity index (χ0n) is 12.2. The van der Waals surface area contributed by atoms with Crippen molar-refractivity contribution in [1.29, 1.82) is 0 Å². The van der Waals surface area contributed by atoms with Crippen molar-refractivity contribution in [1.82, 2.24) is 4.72 Å². The summed E-state index contributed by atoms with van der Waals surface area (Å²) in [6, 6.07) is 16.8. The molecule has 0 radical (unpaired) electrons. The first kappa shape index (κ1) is 18.6. The van der Waals surface area contributed by atoms with E-state index in [1.54, 1.807) is 12.1 Å². The minimum atomic E-state index is -3.43. The lowest BCUT2D eigenvalue weighted by molar-refractivity contribution is 0.577. The van der Waals surface area contributed by atoms with Crippen LogP contribution in [0.2, 0.25) is 0 Å². The highest BCUT2D eigenvalue weighted by Gasteiger charge is 2.12. The van der Waals surface area contributed by atoms with Crippen LogP contribution in [0.4, 0.5) is 0 Å². The maximum absolute atomic E-state index is 12.1. The van der Waals surface area contributed by atoms with E-state index in [0.29, 0.717) is 13.1 Å². The molecule has 120 valence electrons. The Morgan fingerprint density at radius 2 is 1.45 bits per heavy atom. The number of halogens is 1. The van der Waals surface area contributed by atoms with Gasteiger partial charge in [0.25, 0.3) is 0 Å². The molecule has 0 amide bonds. The summed E-state index contributed by atoms with van der Waals surface area (Å²) in [5, 5.41) is 0. The van der Waals surface area contributed by atoms with Gasteiger partial charge in [0.05, 0.1) is 4.90 Å². The molecule has 22 heavy (non-hydrogen) atoms. The summed E-state index contributed by atoms with van der Waals surface area (Å²) in [5.74, 6) is 0. The van der Waals surface area contributed by atoms with Crippen LogP contribution in [0.15, 0.2) is 59.5 Å². The topological polar surface area (TPSA) is 72.2 Å². The summed E-state index contributed by atoms with van der Waals surface area (Å²) in [7, 11) is -3.43. The molecule has 2 aromatic carbocycles. The van der Waals surface area contributed by atoms with Crippen molar-refractivity contribution in [3.05, 3.63) is 54.6 Å². The smallest absolute Gasteiger partial charge is 0.240 e. The molecule has 0 aliphatic heterocycles. The second-order valence-corrected chi connectivity index (χ2v) is 6.55. The molecular weight excluding hydrogens is 320 g/mol. The van der Waals surface area contributed by atoms with Gasteiger partial charge in [0.15, 0.2) is 0 Å². The van der Waals surface area contributed by atoms with E-state index in [0.717, 1.165) is 24.0 Å². The molecule has 0 bridgehead atoms. The fourth-order valence-electron chi connectivity index (χ4n) is 2.02. The van der Waals surface area contributed by atoms with Crippen molar-refractivity contribution in [2.75, 3.05) is 13.1 Å². The Bertz CT molecular complexity index is 658. The highest BCUT2D eigenvalue weighted by Crippen LogP contribution is 2.20. The first-order chi connectivity index (χ1) is 10.1. The predicted molar refractivity (Wildman–Crippen MR) is 92.6 cm³/mol. The molecule has 3 N–H and O–H groups in total. The Hall–Kier alpha value is -1.40. The zero-order valence-corrected chi connectivity index (χ0v) is 13.9. The average Bonchev–Trinajstić information content (AvgIpc) is 2.53. The molecule has 0 heterocycles. The van der Waals surface area contributed by atoms with Crippen molar-refractivity contribution >= 4 is 22.4 Å². The number of hydrogen-bond donors (Lipinski definition) is 2. The predicted octanol–water partition coefficient (Wildman–Crippen LogP) is 2.79. The van der Waals surface area contributed by atoms with Gasteiger partial charge in [-0.25, -0.2) is 13.1 Å². The van der Waals surface area contributed by atoms with Gasteiger partial charge >= 0.3 is 0 Å². The minimum Gasteiger partial charge on any atom is -0.330 e. The molecule has 0 aromatic heterocycles. The first-order valence-corrected chi connectivity index (χ1v) is 8.47. The molecule has 2 rings (SSSR count). The third-order valence-corrected chi connectivity index (χ3v) is 4.67. The molecule has 0 spiro atoms. The van der Waals surface area contributed by atoms with Crippen LogP contribution < -0.4 is 10.5 Å². The number of rotatable bonds is 7. The Labute approximate surface area is 138 Å². The van der Waals surface area contributed by atoms with Gasteiger partial charge in [-0.15, -0.1) is 12.4 Å². The molecule has 0 aliphatic rings. The van der Waals surface area contributed by atoms with Crippen molar-refractivity contribution in [2.24, 2.45) is 5.73 Å². The van der Waals surface area contributed by atoms with E-state index in [1.165, 1.54) is 0 Å². The van der Waals surface area contributed by atoms with Gasteiger partial charge < -0.3 is 5.73 Å². The molecule has 0 unspecified atom stereocenters. The standard InChI is InChI=1S/C16H20N2O2S.ClH/c17-12-4-5-13-18-21(19,20)16-10-8-15(9-11-16)14-6-2-1-3-7-14;/h1-3,6-11,18H,4-5,12-13,17H2;1H. The van der Waals surface area contributed by atoms with Gasteiger partial charge in [0.2, 0.25) is 10.0 Å². The minimum absolute atomic E-state index is 0.